The Morgan fingerprint density at radius 2 is 2.24 bits per heavy atom. The number of carbonyl (C=O) groups is 2. The van der Waals surface area contributed by atoms with Crippen LogP contribution < -0.4 is 10.6 Å². The normalized spacial score (nSPS) is 24.1. The first kappa shape index (κ1) is 14.0. The molecule has 0 bridgehead atoms. The number of esters is 1. The average Bonchev–Trinajstić information content (AvgIpc) is 2.34. The summed E-state index contributed by atoms with van der Waals surface area (Å²) in [4.78, 5) is 22.7. The number of amides is 1. The highest BCUT2D eigenvalue weighted by molar-refractivity contribution is 5.78. The fourth-order valence-corrected chi connectivity index (χ4v) is 2.06. The predicted molar refractivity (Wildman–Crippen MR) is 64.4 cm³/mol. The summed E-state index contributed by atoms with van der Waals surface area (Å²) in [6.45, 7) is 3.55. The lowest BCUT2D eigenvalue weighted by Gasteiger charge is -2.27. The van der Waals surface area contributed by atoms with E-state index in [0.29, 0.717) is 25.4 Å². The molecule has 0 aromatic carbocycles. The Hall–Kier alpha value is -1.10. The Labute approximate surface area is 102 Å². The molecule has 17 heavy (non-hydrogen) atoms. The van der Waals surface area contributed by atoms with Gasteiger partial charge < -0.3 is 15.4 Å². The molecule has 0 spiro atoms. The minimum atomic E-state index is -0.227. The fourth-order valence-electron chi connectivity index (χ4n) is 2.06. The van der Waals surface area contributed by atoms with Crippen LogP contribution in [0, 0.1) is 5.92 Å². The van der Waals surface area contributed by atoms with Gasteiger partial charge in [-0.3, -0.25) is 9.59 Å². The lowest BCUT2D eigenvalue weighted by molar-refractivity contribution is -0.140. The highest BCUT2D eigenvalue weighted by Gasteiger charge is 2.24. The number of hydrogen-bond acceptors (Lipinski definition) is 4. The zero-order valence-electron chi connectivity index (χ0n) is 10.6. The molecule has 2 atom stereocenters. The largest absolute Gasteiger partial charge is 0.469 e. The molecule has 1 heterocycles. The molecule has 1 aliphatic rings. The van der Waals surface area contributed by atoms with Crippen molar-refractivity contribution in [3.63, 3.8) is 0 Å². The van der Waals surface area contributed by atoms with Crippen LogP contribution in [-0.4, -0.2) is 38.1 Å². The van der Waals surface area contributed by atoms with Gasteiger partial charge in [0.2, 0.25) is 5.91 Å². The zero-order valence-corrected chi connectivity index (χ0v) is 10.6. The lowest BCUT2D eigenvalue weighted by atomic mass is 9.92. The van der Waals surface area contributed by atoms with E-state index in [1.165, 1.54) is 7.11 Å². The second kappa shape index (κ2) is 7.27. The molecule has 0 aliphatic carbocycles. The molecule has 2 N–H and O–H groups in total. The molecule has 5 heteroatoms. The van der Waals surface area contributed by atoms with Crippen molar-refractivity contribution in [1.29, 1.82) is 0 Å². The summed E-state index contributed by atoms with van der Waals surface area (Å²) in [5.41, 5.74) is 0. The SMILES string of the molecule is COC(=O)CCCNC(=O)[C@H]1CCN[C@@H](C)C1. The summed E-state index contributed by atoms with van der Waals surface area (Å²) in [6.07, 6.45) is 2.79. The smallest absolute Gasteiger partial charge is 0.305 e. The Kier molecular flexibility index (Phi) is 5.97. The third-order valence-electron chi connectivity index (χ3n) is 3.08. The van der Waals surface area contributed by atoms with Gasteiger partial charge in [0.05, 0.1) is 7.11 Å². The van der Waals surface area contributed by atoms with Crippen molar-refractivity contribution in [1.82, 2.24) is 10.6 Å². The van der Waals surface area contributed by atoms with E-state index < -0.39 is 0 Å². The molecular formula is C12H22N2O3. The first-order valence-corrected chi connectivity index (χ1v) is 6.21. The summed E-state index contributed by atoms with van der Waals surface area (Å²) < 4.78 is 4.53. The Bertz CT molecular complexity index is 268. The molecule has 0 aromatic heterocycles. The standard InChI is InChI=1S/C12H22N2O3/c1-9-8-10(5-7-13-9)12(16)14-6-3-4-11(15)17-2/h9-10,13H,3-8H2,1-2H3,(H,14,16)/t9-,10-/m0/s1. The van der Waals surface area contributed by atoms with Crippen molar-refractivity contribution in [3.8, 4) is 0 Å². The zero-order chi connectivity index (χ0) is 12.7. The molecule has 1 rings (SSSR count). The predicted octanol–water partition coefficient (Wildman–Crippen LogP) is 0.444. The molecule has 1 aliphatic heterocycles. The summed E-state index contributed by atoms with van der Waals surface area (Å²) in [5, 5.41) is 6.19. The number of piperidine rings is 1. The van der Waals surface area contributed by atoms with E-state index in [0.717, 1.165) is 19.4 Å². The topological polar surface area (TPSA) is 67.4 Å². The third-order valence-corrected chi connectivity index (χ3v) is 3.08. The van der Waals surface area contributed by atoms with Crippen molar-refractivity contribution in [3.05, 3.63) is 0 Å². The number of carbonyl (C=O) groups excluding carboxylic acids is 2. The Morgan fingerprint density at radius 1 is 1.47 bits per heavy atom. The summed E-state index contributed by atoms with van der Waals surface area (Å²) in [5.74, 6) is 0.00216. The van der Waals surface area contributed by atoms with Gasteiger partial charge in [-0.15, -0.1) is 0 Å². The van der Waals surface area contributed by atoms with Crippen LogP contribution in [0.3, 0.4) is 0 Å². The first-order chi connectivity index (χ1) is 8.13. The van der Waals surface area contributed by atoms with E-state index in [2.05, 4.69) is 22.3 Å². The fraction of sp³-hybridized carbons (Fsp3) is 0.833. The number of nitrogens with one attached hydrogen (secondary N) is 2. The number of methoxy groups -OCH3 is 1. The Balaban J connectivity index is 2.14. The van der Waals surface area contributed by atoms with Crippen LogP contribution in [0.2, 0.25) is 0 Å². The molecule has 0 unspecified atom stereocenters. The van der Waals surface area contributed by atoms with E-state index in [1.54, 1.807) is 0 Å². The van der Waals surface area contributed by atoms with Crippen LogP contribution >= 0.6 is 0 Å². The van der Waals surface area contributed by atoms with Crippen LogP contribution in [0.15, 0.2) is 0 Å². The van der Waals surface area contributed by atoms with Gasteiger partial charge in [0, 0.05) is 24.9 Å². The Morgan fingerprint density at radius 3 is 2.88 bits per heavy atom. The molecule has 1 amide bonds. The van der Waals surface area contributed by atoms with Gasteiger partial charge >= 0.3 is 5.97 Å². The van der Waals surface area contributed by atoms with Gasteiger partial charge in [-0.2, -0.15) is 0 Å². The van der Waals surface area contributed by atoms with Crippen LogP contribution in [0.1, 0.15) is 32.6 Å². The van der Waals surface area contributed by atoms with E-state index >= 15 is 0 Å². The molecular weight excluding hydrogens is 220 g/mol. The lowest BCUT2D eigenvalue weighted by Crippen LogP contribution is -2.42. The number of ether oxygens (including phenoxy) is 1. The van der Waals surface area contributed by atoms with E-state index in [1.807, 2.05) is 0 Å². The first-order valence-electron chi connectivity index (χ1n) is 6.21. The summed E-state index contributed by atoms with van der Waals surface area (Å²) >= 11 is 0. The van der Waals surface area contributed by atoms with Crippen LogP contribution in [-0.2, 0) is 14.3 Å². The maximum atomic E-state index is 11.8. The van der Waals surface area contributed by atoms with E-state index in [9.17, 15) is 9.59 Å². The van der Waals surface area contributed by atoms with Gasteiger partial charge in [0.15, 0.2) is 0 Å². The van der Waals surface area contributed by atoms with Crippen molar-refractivity contribution in [2.45, 2.75) is 38.6 Å². The quantitative estimate of drug-likeness (QED) is 0.542. The molecule has 0 saturated carbocycles. The second-order valence-electron chi connectivity index (χ2n) is 4.55. The highest BCUT2D eigenvalue weighted by atomic mass is 16.5. The molecule has 1 fully saturated rings. The van der Waals surface area contributed by atoms with Crippen molar-refractivity contribution in [2.75, 3.05) is 20.2 Å². The summed E-state index contributed by atoms with van der Waals surface area (Å²) in [7, 11) is 1.37. The molecule has 0 radical (unpaired) electrons. The van der Waals surface area contributed by atoms with Crippen LogP contribution in [0.5, 0.6) is 0 Å². The second-order valence-corrected chi connectivity index (χ2v) is 4.55. The molecule has 1 saturated heterocycles. The number of rotatable bonds is 5. The van der Waals surface area contributed by atoms with Crippen molar-refractivity contribution in [2.24, 2.45) is 5.92 Å². The minimum absolute atomic E-state index is 0.114. The maximum Gasteiger partial charge on any atom is 0.305 e. The van der Waals surface area contributed by atoms with Crippen LogP contribution in [0.25, 0.3) is 0 Å². The average molecular weight is 242 g/mol. The van der Waals surface area contributed by atoms with Gasteiger partial charge in [0.1, 0.15) is 0 Å². The maximum absolute atomic E-state index is 11.8. The minimum Gasteiger partial charge on any atom is -0.469 e. The molecule has 5 nitrogen and oxygen atoms in total. The van der Waals surface area contributed by atoms with E-state index in [4.69, 9.17) is 0 Å². The number of hydrogen-bond donors (Lipinski definition) is 2. The van der Waals surface area contributed by atoms with Gasteiger partial charge in [0.25, 0.3) is 0 Å². The summed E-state index contributed by atoms with van der Waals surface area (Å²) in [6, 6.07) is 0.412. The van der Waals surface area contributed by atoms with Crippen LogP contribution in [0.4, 0.5) is 0 Å². The van der Waals surface area contributed by atoms with Crippen molar-refractivity contribution >= 4 is 11.9 Å². The van der Waals surface area contributed by atoms with E-state index in [-0.39, 0.29) is 17.8 Å². The highest BCUT2D eigenvalue weighted by Crippen LogP contribution is 2.15. The van der Waals surface area contributed by atoms with Crippen molar-refractivity contribution < 1.29 is 14.3 Å². The van der Waals surface area contributed by atoms with Gasteiger partial charge in [-0.1, -0.05) is 0 Å². The van der Waals surface area contributed by atoms with Gasteiger partial charge in [-0.25, -0.2) is 0 Å². The third kappa shape index (κ3) is 5.17. The molecule has 98 valence electrons. The molecule has 0 aromatic rings. The van der Waals surface area contributed by atoms with Gasteiger partial charge in [-0.05, 0) is 32.7 Å². The monoisotopic (exact) mass is 242 g/mol.